The Morgan fingerprint density at radius 2 is 2.00 bits per heavy atom. The third-order valence-corrected chi connectivity index (χ3v) is 5.95. The number of nitrogens with zero attached hydrogens (tertiary/aromatic N) is 1. The summed E-state index contributed by atoms with van der Waals surface area (Å²) in [5, 5.41) is 3.90. The maximum absolute atomic E-state index is 12.8. The Balaban J connectivity index is 1.70. The molecule has 0 saturated heterocycles. The quantitative estimate of drug-likeness (QED) is 0.707. The predicted octanol–water partition coefficient (Wildman–Crippen LogP) is 4.63. The largest absolute Gasteiger partial charge is 0.397 e. The van der Waals surface area contributed by atoms with Crippen LogP contribution in [0.15, 0.2) is 24.3 Å². The Bertz CT molecular complexity index is 990. The van der Waals surface area contributed by atoms with Crippen LogP contribution >= 0.6 is 11.3 Å². The van der Waals surface area contributed by atoms with E-state index >= 15 is 0 Å². The molecular formula is C20H21N3OS. The van der Waals surface area contributed by atoms with Gasteiger partial charge in [0.25, 0.3) is 5.91 Å². The fourth-order valence-electron chi connectivity index (χ4n) is 3.46. The molecule has 4 rings (SSSR count). The molecule has 3 aromatic rings. The van der Waals surface area contributed by atoms with Gasteiger partial charge in [-0.2, -0.15) is 0 Å². The number of rotatable bonds is 2. The zero-order valence-electron chi connectivity index (χ0n) is 14.5. The summed E-state index contributed by atoms with van der Waals surface area (Å²) in [6, 6.07) is 8.12. The average molecular weight is 351 g/mol. The summed E-state index contributed by atoms with van der Waals surface area (Å²) < 4.78 is 0. The number of thiophene rings is 1. The third-order valence-electron chi connectivity index (χ3n) is 4.84. The summed E-state index contributed by atoms with van der Waals surface area (Å²) in [5.74, 6) is -0.162. The van der Waals surface area contributed by atoms with Gasteiger partial charge < -0.3 is 11.1 Å². The molecule has 1 amide bonds. The summed E-state index contributed by atoms with van der Waals surface area (Å²) in [5.41, 5.74) is 12.3. The first-order valence-corrected chi connectivity index (χ1v) is 9.44. The standard InChI is InChI=1S/C20H21N3OS/c1-11-7-8-15(12(2)9-11)22-19(24)18-17(21)14-10-13-5-3-4-6-16(13)23-20(14)25-18/h7-10H,3-6,21H2,1-2H3,(H,22,24). The van der Waals surface area contributed by atoms with E-state index in [4.69, 9.17) is 10.7 Å². The van der Waals surface area contributed by atoms with Crippen LogP contribution in [0.5, 0.6) is 0 Å². The number of aryl methyl sites for hydroxylation is 4. The van der Waals surface area contributed by atoms with Crippen molar-refractivity contribution >= 4 is 38.8 Å². The van der Waals surface area contributed by atoms with Crippen LogP contribution in [0.25, 0.3) is 10.2 Å². The van der Waals surface area contributed by atoms with Crippen LogP contribution in [0.3, 0.4) is 0 Å². The van der Waals surface area contributed by atoms with Crippen molar-refractivity contribution in [2.75, 3.05) is 11.1 Å². The topological polar surface area (TPSA) is 68.0 Å². The van der Waals surface area contributed by atoms with Gasteiger partial charge in [-0.25, -0.2) is 4.98 Å². The fraction of sp³-hybridized carbons (Fsp3) is 0.300. The summed E-state index contributed by atoms with van der Waals surface area (Å²) in [6.45, 7) is 4.03. The van der Waals surface area contributed by atoms with E-state index in [2.05, 4.69) is 17.4 Å². The third kappa shape index (κ3) is 2.89. The molecule has 128 valence electrons. The molecule has 0 fully saturated rings. The molecule has 3 N–H and O–H groups in total. The molecular weight excluding hydrogens is 330 g/mol. The van der Waals surface area contributed by atoms with Gasteiger partial charge in [-0.15, -0.1) is 11.3 Å². The highest BCUT2D eigenvalue weighted by molar-refractivity contribution is 7.21. The highest BCUT2D eigenvalue weighted by atomic mass is 32.1. The van der Waals surface area contributed by atoms with Crippen LogP contribution in [0.4, 0.5) is 11.4 Å². The first-order chi connectivity index (χ1) is 12.0. The second-order valence-corrected chi connectivity index (χ2v) is 7.77. The number of hydrogen-bond acceptors (Lipinski definition) is 4. The maximum atomic E-state index is 12.8. The number of hydrogen-bond donors (Lipinski definition) is 2. The molecule has 5 heteroatoms. The van der Waals surface area contributed by atoms with Crippen LogP contribution in [-0.2, 0) is 12.8 Å². The second kappa shape index (κ2) is 6.15. The first kappa shape index (κ1) is 16.1. The van der Waals surface area contributed by atoms with E-state index < -0.39 is 0 Å². The Hall–Kier alpha value is -2.40. The van der Waals surface area contributed by atoms with Crippen LogP contribution in [0.1, 0.15) is 44.9 Å². The summed E-state index contributed by atoms with van der Waals surface area (Å²) in [6.07, 6.45) is 4.46. The van der Waals surface area contributed by atoms with E-state index in [0.717, 1.165) is 34.3 Å². The number of nitrogens with two attached hydrogens (primary N) is 1. The minimum atomic E-state index is -0.162. The van der Waals surface area contributed by atoms with Crippen LogP contribution < -0.4 is 11.1 Å². The molecule has 4 nitrogen and oxygen atoms in total. The molecule has 1 aromatic carbocycles. The Morgan fingerprint density at radius 3 is 2.80 bits per heavy atom. The monoisotopic (exact) mass is 351 g/mol. The smallest absolute Gasteiger partial charge is 0.267 e. The highest BCUT2D eigenvalue weighted by Crippen LogP contribution is 2.36. The van der Waals surface area contributed by atoms with Crippen molar-refractivity contribution in [3.8, 4) is 0 Å². The molecule has 0 spiro atoms. The van der Waals surface area contributed by atoms with E-state index in [9.17, 15) is 4.79 Å². The zero-order valence-corrected chi connectivity index (χ0v) is 15.3. The number of carbonyl (C=O) groups is 1. The number of fused-ring (bicyclic) bond motifs is 2. The normalized spacial score (nSPS) is 13.7. The fourth-order valence-corrected chi connectivity index (χ4v) is 4.45. The molecule has 1 aliphatic carbocycles. The van der Waals surface area contributed by atoms with Gasteiger partial charge >= 0.3 is 0 Å². The molecule has 2 heterocycles. The lowest BCUT2D eigenvalue weighted by Crippen LogP contribution is -2.12. The Kier molecular flexibility index (Phi) is 3.96. The van der Waals surface area contributed by atoms with Gasteiger partial charge in [0.15, 0.2) is 0 Å². The van der Waals surface area contributed by atoms with Gasteiger partial charge in [0, 0.05) is 16.8 Å². The van der Waals surface area contributed by atoms with Gasteiger partial charge in [-0.3, -0.25) is 4.79 Å². The van der Waals surface area contributed by atoms with E-state index in [-0.39, 0.29) is 5.91 Å². The Morgan fingerprint density at radius 1 is 1.20 bits per heavy atom. The molecule has 0 radical (unpaired) electrons. The summed E-state index contributed by atoms with van der Waals surface area (Å²) in [7, 11) is 0. The van der Waals surface area contributed by atoms with Crippen LogP contribution in [-0.4, -0.2) is 10.9 Å². The van der Waals surface area contributed by atoms with Gasteiger partial charge in [0.05, 0.1) is 5.69 Å². The lowest BCUT2D eigenvalue weighted by Gasteiger charge is -2.14. The van der Waals surface area contributed by atoms with E-state index in [1.165, 1.54) is 41.0 Å². The zero-order chi connectivity index (χ0) is 17.6. The Labute approximate surface area is 151 Å². The first-order valence-electron chi connectivity index (χ1n) is 8.62. The molecule has 2 aromatic heterocycles. The average Bonchev–Trinajstić information content (AvgIpc) is 2.92. The van der Waals surface area contributed by atoms with Crippen LogP contribution in [0, 0.1) is 13.8 Å². The molecule has 0 atom stereocenters. The van der Waals surface area contributed by atoms with Crippen molar-refractivity contribution in [2.45, 2.75) is 39.5 Å². The number of anilines is 2. The number of amides is 1. The summed E-state index contributed by atoms with van der Waals surface area (Å²) >= 11 is 1.38. The second-order valence-electron chi connectivity index (χ2n) is 6.77. The number of pyridine rings is 1. The van der Waals surface area contributed by atoms with Crippen molar-refractivity contribution in [2.24, 2.45) is 0 Å². The van der Waals surface area contributed by atoms with Gasteiger partial charge in [0.2, 0.25) is 0 Å². The van der Waals surface area contributed by atoms with Crippen molar-refractivity contribution in [3.63, 3.8) is 0 Å². The number of carbonyl (C=O) groups excluding carboxylic acids is 1. The summed E-state index contributed by atoms with van der Waals surface area (Å²) in [4.78, 5) is 18.9. The molecule has 0 bridgehead atoms. The molecule has 0 unspecified atom stereocenters. The lowest BCUT2D eigenvalue weighted by atomic mass is 9.95. The molecule has 0 aliphatic heterocycles. The van der Waals surface area contributed by atoms with E-state index in [1.54, 1.807) is 0 Å². The number of nitrogen functional groups attached to an aromatic ring is 1. The minimum absolute atomic E-state index is 0.162. The number of benzene rings is 1. The van der Waals surface area contributed by atoms with Gasteiger partial charge in [-0.1, -0.05) is 17.7 Å². The minimum Gasteiger partial charge on any atom is -0.397 e. The van der Waals surface area contributed by atoms with Crippen LogP contribution in [0.2, 0.25) is 0 Å². The van der Waals surface area contributed by atoms with Gasteiger partial charge in [-0.05, 0) is 62.8 Å². The maximum Gasteiger partial charge on any atom is 0.267 e. The van der Waals surface area contributed by atoms with Crippen molar-refractivity contribution < 1.29 is 4.79 Å². The van der Waals surface area contributed by atoms with E-state index in [0.29, 0.717) is 10.6 Å². The number of aromatic nitrogens is 1. The van der Waals surface area contributed by atoms with Crippen molar-refractivity contribution in [3.05, 3.63) is 51.5 Å². The van der Waals surface area contributed by atoms with Gasteiger partial charge in [0.1, 0.15) is 9.71 Å². The number of nitrogens with one attached hydrogen (secondary N) is 1. The highest BCUT2D eigenvalue weighted by Gasteiger charge is 2.20. The molecule has 1 aliphatic rings. The SMILES string of the molecule is Cc1ccc(NC(=O)c2sc3nc4c(cc3c2N)CCCC4)c(C)c1. The van der Waals surface area contributed by atoms with E-state index in [1.807, 2.05) is 26.0 Å². The lowest BCUT2D eigenvalue weighted by molar-refractivity contribution is 0.103. The molecule has 0 saturated carbocycles. The van der Waals surface area contributed by atoms with Crippen molar-refractivity contribution in [1.82, 2.24) is 4.98 Å². The van der Waals surface area contributed by atoms with Crippen molar-refractivity contribution in [1.29, 1.82) is 0 Å². The predicted molar refractivity (Wildman–Crippen MR) is 105 cm³/mol. The molecule has 25 heavy (non-hydrogen) atoms.